The highest BCUT2D eigenvalue weighted by molar-refractivity contribution is 6.30. The van der Waals surface area contributed by atoms with Crippen LogP contribution in [0.15, 0.2) is 24.3 Å². The van der Waals surface area contributed by atoms with Gasteiger partial charge in [-0.15, -0.1) is 0 Å². The minimum atomic E-state index is -0.189. The molecule has 0 saturated carbocycles. The summed E-state index contributed by atoms with van der Waals surface area (Å²) < 4.78 is 5.13. The zero-order valence-corrected chi connectivity index (χ0v) is 10.7. The maximum atomic E-state index is 11.4. The van der Waals surface area contributed by atoms with Crippen LogP contribution in [0.25, 0.3) is 0 Å². The third kappa shape index (κ3) is 6.29. The predicted octanol–water partition coefficient (Wildman–Crippen LogP) is 2.90. The smallest absolute Gasteiger partial charge is 0.306 e. The fourth-order valence-corrected chi connectivity index (χ4v) is 1.64. The van der Waals surface area contributed by atoms with Crippen molar-refractivity contribution in [2.45, 2.75) is 38.8 Å². The molecular formula is C13H18ClNO2. The highest BCUT2D eigenvalue weighted by atomic mass is 35.5. The molecule has 1 unspecified atom stereocenters. The number of hydrogen-bond donors (Lipinski definition) is 1. The first-order chi connectivity index (χ1) is 8.08. The van der Waals surface area contributed by atoms with Crippen molar-refractivity contribution in [3.8, 4) is 0 Å². The van der Waals surface area contributed by atoms with Crippen molar-refractivity contribution in [3.63, 3.8) is 0 Å². The molecule has 0 saturated heterocycles. The van der Waals surface area contributed by atoms with Gasteiger partial charge in [0.1, 0.15) is 6.61 Å². The van der Waals surface area contributed by atoms with Gasteiger partial charge in [-0.25, -0.2) is 0 Å². The van der Waals surface area contributed by atoms with E-state index in [-0.39, 0.29) is 18.6 Å². The van der Waals surface area contributed by atoms with Crippen LogP contribution in [0.1, 0.15) is 31.7 Å². The lowest BCUT2D eigenvalue weighted by Gasteiger charge is -2.06. The van der Waals surface area contributed by atoms with E-state index < -0.39 is 0 Å². The maximum Gasteiger partial charge on any atom is 0.306 e. The average Bonchev–Trinajstić information content (AvgIpc) is 2.26. The van der Waals surface area contributed by atoms with E-state index >= 15 is 0 Å². The van der Waals surface area contributed by atoms with E-state index in [2.05, 4.69) is 0 Å². The first kappa shape index (κ1) is 14.0. The zero-order chi connectivity index (χ0) is 12.7. The highest BCUT2D eigenvalue weighted by Gasteiger charge is 2.04. The van der Waals surface area contributed by atoms with Crippen LogP contribution in [0, 0.1) is 0 Å². The van der Waals surface area contributed by atoms with Crippen LogP contribution in [-0.4, -0.2) is 12.0 Å². The largest absolute Gasteiger partial charge is 0.461 e. The van der Waals surface area contributed by atoms with Crippen molar-refractivity contribution in [2.24, 2.45) is 5.73 Å². The minimum Gasteiger partial charge on any atom is -0.461 e. The van der Waals surface area contributed by atoms with Gasteiger partial charge in [-0.05, 0) is 37.5 Å². The van der Waals surface area contributed by atoms with Crippen LogP contribution >= 0.6 is 11.6 Å². The second-order valence-corrected chi connectivity index (χ2v) is 4.60. The molecule has 0 aliphatic heterocycles. The molecule has 2 N–H and O–H groups in total. The molecule has 0 radical (unpaired) electrons. The molecule has 0 spiro atoms. The lowest BCUT2D eigenvalue weighted by molar-refractivity contribution is -0.145. The van der Waals surface area contributed by atoms with Gasteiger partial charge in [-0.1, -0.05) is 23.7 Å². The van der Waals surface area contributed by atoms with E-state index in [9.17, 15) is 4.79 Å². The Morgan fingerprint density at radius 2 is 2.29 bits per heavy atom. The van der Waals surface area contributed by atoms with Gasteiger partial charge in [0.25, 0.3) is 0 Å². The Morgan fingerprint density at radius 1 is 1.53 bits per heavy atom. The summed E-state index contributed by atoms with van der Waals surface area (Å²) in [5.41, 5.74) is 6.49. The molecule has 1 aromatic rings. The Morgan fingerprint density at radius 3 is 2.94 bits per heavy atom. The van der Waals surface area contributed by atoms with Crippen LogP contribution < -0.4 is 5.73 Å². The summed E-state index contributed by atoms with van der Waals surface area (Å²) in [7, 11) is 0. The second kappa shape index (κ2) is 7.30. The van der Waals surface area contributed by atoms with E-state index in [1.54, 1.807) is 12.1 Å². The molecule has 4 heteroatoms. The quantitative estimate of drug-likeness (QED) is 0.796. The average molecular weight is 256 g/mol. The number of carbonyl (C=O) groups excluding carboxylic acids is 1. The molecule has 1 atom stereocenters. The monoisotopic (exact) mass is 255 g/mol. The third-order valence-corrected chi connectivity index (χ3v) is 2.56. The summed E-state index contributed by atoms with van der Waals surface area (Å²) >= 11 is 5.82. The SMILES string of the molecule is CC(N)CCCC(=O)OCc1cccc(Cl)c1. The summed E-state index contributed by atoms with van der Waals surface area (Å²) in [6, 6.07) is 7.42. The van der Waals surface area contributed by atoms with Gasteiger partial charge in [-0.2, -0.15) is 0 Å². The molecule has 1 aromatic carbocycles. The van der Waals surface area contributed by atoms with Crippen molar-refractivity contribution < 1.29 is 9.53 Å². The van der Waals surface area contributed by atoms with Crippen molar-refractivity contribution >= 4 is 17.6 Å². The van der Waals surface area contributed by atoms with Gasteiger partial charge < -0.3 is 10.5 Å². The standard InChI is InChI=1S/C13H18ClNO2/c1-10(15)4-2-7-13(16)17-9-11-5-3-6-12(14)8-11/h3,5-6,8,10H,2,4,7,9,15H2,1H3. The lowest BCUT2D eigenvalue weighted by Crippen LogP contribution is -2.15. The normalized spacial score (nSPS) is 12.2. The predicted molar refractivity (Wildman–Crippen MR) is 68.7 cm³/mol. The molecule has 0 aromatic heterocycles. The van der Waals surface area contributed by atoms with Gasteiger partial charge in [0, 0.05) is 17.5 Å². The summed E-state index contributed by atoms with van der Waals surface area (Å²) in [6.45, 7) is 2.20. The highest BCUT2D eigenvalue weighted by Crippen LogP contribution is 2.12. The Labute approximate surface area is 107 Å². The molecular weight excluding hydrogens is 238 g/mol. The Bertz CT molecular complexity index is 366. The van der Waals surface area contributed by atoms with Gasteiger partial charge in [0.2, 0.25) is 0 Å². The number of rotatable bonds is 6. The minimum absolute atomic E-state index is 0.135. The number of ether oxygens (including phenoxy) is 1. The fraction of sp³-hybridized carbons (Fsp3) is 0.462. The van der Waals surface area contributed by atoms with Crippen molar-refractivity contribution in [2.75, 3.05) is 0 Å². The number of carbonyl (C=O) groups is 1. The van der Waals surface area contributed by atoms with Gasteiger partial charge >= 0.3 is 5.97 Å². The second-order valence-electron chi connectivity index (χ2n) is 4.16. The molecule has 0 fully saturated rings. The molecule has 0 aliphatic rings. The zero-order valence-electron chi connectivity index (χ0n) is 9.99. The molecule has 0 aliphatic carbocycles. The summed E-state index contributed by atoms with van der Waals surface area (Å²) in [4.78, 5) is 11.4. The topological polar surface area (TPSA) is 52.3 Å². The van der Waals surface area contributed by atoms with E-state index in [1.165, 1.54) is 0 Å². The molecule has 0 amide bonds. The molecule has 0 bridgehead atoms. The van der Waals surface area contributed by atoms with E-state index in [0.29, 0.717) is 11.4 Å². The maximum absolute atomic E-state index is 11.4. The van der Waals surface area contributed by atoms with E-state index in [0.717, 1.165) is 18.4 Å². The Balaban J connectivity index is 2.24. The van der Waals surface area contributed by atoms with Crippen LogP contribution in [0.4, 0.5) is 0 Å². The number of nitrogens with two attached hydrogens (primary N) is 1. The molecule has 94 valence electrons. The van der Waals surface area contributed by atoms with Gasteiger partial charge in [0.15, 0.2) is 0 Å². The van der Waals surface area contributed by atoms with Crippen molar-refractivity contribution in [1.82, 2.24) is 0 Å². The molecule has 17 heavy (non-hydrogen) atoms. The lowest BCUT2D eigenvalue weighted by atomic mass is 10.1. The fourth-order valence-electron chi connectivity index (χ4n) is 1.43. The van der Waals surface area contributed by atoms with E-state index in [4.69, 9.17) is 22.1 Å². The summed E-state index contributed by atoms with van der Waals surface area (Å²) in [5.74, 6) is -0.189. The van der Waals surface area contributed by atoms with Crippen molar-refractivity contribution in [3.05, 3.63) is 34.9 Å². The van der Waals surface area contributed by atoms with Crippen molar-refractivity contribution in [1.29, 1.82) is 0 Å². The van der Waals surface area contributed by atoms with Gasteiger partial charge in [0.05, 0.1) is 0 Å². The van der Waals surface area contributed by atoms with Crippen LogP contribution in [-0.2, 0) is 16.1 Å². The summed E-state index contributed by atoms with van der Waals surface area (Å²) in [5, 5.41) is 0.649. The molecule has 3 nitrogen and oxygen atoms in total. The third-order valence-electron chi connectivity index (χ3n) is 2.33. The number of esters is 1. The van der Waals surface area contributed by atoms with Crippen LogP contribution in [0.2, 0.25) is 5.02 Å². The number of benzene rings is 1. The van der Waals surface area contributed by atoms with Crippen LogP contribution in [0.5, 0.6) is 0 Å². The van der Waals surface area contributed by atoms with Gasteiger partial charge in [-0.3, -0.25) is 4.79 Å². The molecule has 0 heterocycles. The Hall–Kier alpha value is -1.06. The summed E-state index contributed by atoms with van der Waals surface area (Å²) in [6.07, 6.45) is 2.03. The van der Waals surface area contributed by atoms with Crippen LogP contribution in [0.3, 0.4) is 0 Å². The van der Waals surface area contributed by atoms with E-state index in [1.807, 2.05) is 19.1 Å². The Kier molecular flexibility index (Phi) is 6.01. The molecule has 1 rings (SSSR count). The number of hydrogen-bond acceptors (Lipinski definition) is 3. The first-order valence-electron chi connectivity index (χ1n) is 5.73. The number of halogens is 1. The first-order valence-corrected chi connectivity index (χ1v) is 6.11.